The summed E-state index contributed by atoms with van der Waals surface area (Å²) in [5.41, 5.74) is 0. The number of ketones is 1. The Kier molecular flexibility index (Phi) is 3.10. The van der Waals surface area contributed by atoms with E-state index >= 15 is 0 Å². The number of furan rings is 1. The molecular weight excluding hydrogens is 240 g/mol. The molecule has 2 aromatic heterocycles. The van der Waals surface area contributed by atoms with Gasteiger partial charge in [0, 0.05) is 0 Å². The van der Waals surface area contributed by atoms with Crippen molar-refractivity contribution in [3.63, 3.8) is 0 Å². The smallest absolute Gasteiger partial charge is 0.373 e. The second-order valence-electron chi connectivity index (χ2n) is 3.38. The van der Waals surface area contributed by atoms with Crippen LogP contribution in [0, 0.1) is 0 Å². The molecule has 0 aromatic carbocycles. The average Bonchev–Trinajstić information content (AvgIpc) is 2.95. The van der Waals surface area contributed by atoms with Crippen molar-refractivity contribution in [3.8, 4) is 10.6 Å². The molecule has 0 aliphatic carbocycles. The summed E-state index contributed by atoms with van der Waals surface area (Å²) in [6, 6.07) is 6.76. The minimum Gasteiger partial charge on any atom is -0.463 e. The van der Waals surface area contributed by atoms with Crippen LogP contribution in [0.5, 0.6) is 0 Å². The van der Waals surface area contributed by atoms with Gasteiger partial charge >= 0.3 is 5.97 Å². The average molecular weight is 250 g/mol. The number of esters is 1. The molecule has 0 aliphatic rings. The standard InChI is InChI=1S/C12H10O4S/c1-7(13)10-5-6-11(17-10)8-3-4-9(16-8)12(14)15-2/h3-6H,1-2H3. The van der Waals surface area contributed by atoms with E-state index in [1.165, 1.54) is 25.4 Å². The van der Waals surface area contributed by atoms with Gasteiger partial charge in [0.15, 0.2) is 5.78 Å². The molecule has 0 bridgehead atoms. The molecule has 0 spiro atoms. The number of Topliss-reactive ketones (excluding diaryl/α,β-unsaturated/α-hetero) is 1. The monoisotopic (exact) mass is 250 g/mol. The second kappa shape index (κ2) is 4.55. The predicted octanol–water partition coefficient (Wildman–Crippen LogP) is 3.00. The molecule has 4 nitrogen and oxygen atoms in total. The Hall–Kier alpha value is -1.88. The van der Waals surface area contributed by atoms with Crippen molar-refractivity contribution < 1.29 is 18.7 Å². The van der Waals surface area contributed by atoms with E-state index in [0.29, 0.717) is 10.6 Å². The number of carbonyl (C=O) groups is 2. The molecule has 0 saturated carbocycles. The zero-order chi connectivity index (χ0) is 12.4. The van der Waals surface area contributed by atoms with E-state index in [4.69, 9.17) is 4.42 Å². The van der Waals surface area contributed by atoms with Crippen LogP contribution in [-0.2, 0) is 4.74 Å². The van der Waals surface area contributed by atoms with Crippen molar-refractivity contribution in [1.29, 1.82) is 0 Å². The number of hydrogen-bond donors (Lipinski definition) is 0. The highest BCUT2D eigenvalue weighted by atomic mass is 32.1. The summed E-state index contributed by atoms with van der Waals surface area (Å²) in [5.74, 6) is 0.212. The van der Waals surface area contributed by atoms with Gasteiger partial charge in [0.2, 0.25) is 5.76 Å². The number of carbonyl (C=O) groups excluding carboxylic acids is 2. The maximum absolute atomic E-state index is 11.2. The van der Waals surface area contributed by atoms with E-state index in [-0.39, 0.29) is 11.5 Å². The lowest BCUT2D eigenvalue weighted by Gasteiger charge is -1.93. The van der Waals surface area contributed by atoms with E-state index in [1.54, 1.807) is 24.3 Å². The van der Waals surface area contributed by atoms with Gasteiger partial charge in [-0.1, -0.05) is 0 Å². The van der Waals surface area contributed by atoms with Crippen molar-refractivity contribution >= 4 is 23.1 Å². The van der Waals surface area contributed by atoms with E-state index in [2.05, 4.69) is 4.74 Å². The lowest BCUT2D eigenvalue weighted by atomic mass is 10.3. The van der Waals surface area contributed by atoms with E-state index in [1.807, 2.05) is 0 Å². The van der Waals surface area contributed by atoms with Crippen LogP contribution in [0.2, 0.25) is 0 Å². The number of hydrogen-bond acceptors (Lipinski definition) is 5. The molecule has 0 N–H and O–H groups in total. The van der Waals surface area contributed by atoms with Crippen molar-refractivity contribution in [2.75, 3.05) is 7.11 Å². The maximum Gasteiger partial charge on any atom is 0.373 e. The van der Waals surface area contributed by atoms with Crippen molar-refractivity contribution in [1.82, 2.24) is 0 Å². The van der Waals surface area contributed by atoms with Gasteiger partial charge < -0.3 is 9.15 Å². The first-order chi connectivity index (χ1) is 8.11. The predicted molar refractivity (Wildman–Crippen MR) is 63.4 cm³/mol. The topological polar surface area (TPSA) is 56.5 Å². The molecule has 0 amide bonds. The first kappa shape index (κ1) is 11.6. The number of thiophene rings is 1. The van der Waals surface area contributed by atoms with Gasteiger partial charge in [-0.15, -0.1) is 11.3 Å². The van der Waals surface area contributed by atoms with Gasteiger partial charge in [-0.2, -0.15) is 0 Å². The highest BCUT2D eigenvalue weighted by Crippen LogP contribution is 2.29. The second-order valence-corrected chi connectivity index (χ2v) is 4.46. The fourth-order valence-electron chi connectivity index (χ4n) is 1.34. The minimum atomic E-state index is -0.514. The molecule has 0 radical (unpaired) electrons. The molecule has 88 valence electrons. The Bertz CT molecular complexity index is 565. The molecular formula is C12H10O4S. The summed E-state index contributed by atoms with van der Waals surface area (Å²) in [5, 5.41) is 0. The van der Waals surface area contributed by atoms with Crippen molar-refractivity contribution in [2.45, 2.75) is 6.92 Å². The van der Waals surface area contributed by atoms with Crippen molar-refractivity contribution in [3.05, 3.63) is 34.9 Å². The highest BCUT2D eigenvalue weighted by molar-refractivity contribution is 7.17. The third-order valence-electron chi connectivity index (χ3n) is 2.19. The summed E-state index contributed by atoms with van der Waals surface area (Å²) < 4.78 is 9.89. The molecule has 2 aromatic rings. The zero-order valence-corrected chi connectivity index (χ0v) is 10.2. The lowest BCUT2D eigenvalue weighted by molar-refractivity contribution is 0.0566. The van der Waals surface area contributed by atoms with Crippen LogP contribution in [0.1, 0.15) is 27.2 Å². The Morgan fingerprint density at radius 3 is 2.59 bits per heavy atom. The van der Waals surface area contributed by atoms with Crippen LogP contribution in [0.25, 0.3) is 10.6 Å². The van der Waals surface area contributed by atoms with Gasteiger partial charge in [-0.3, -0.25) is 4.79 Å². The molecule has 17 heavy (non-hydrogen) atoms. The first-order valence-electron chi connectivity index (χ1n) is 4.91. The summed E-state index contributed by atoms with van der Waals surface area (Å²) in [6.45, 7) is 1.51. The minimum absolute atomic E-state index is 0.0148. The Balaban J connectivity index is 2.30. The molecule has 5 heteroatoms. The summed E-state index contributed by atoms with van der Waals surface area (Å²) in [6.07, 6.45) is 0. The number of ether oxygens (including phenoxy) is 1. The van der Waals surface area contributed by atoms with E-state index in [0.717, 1.165) is 4.88 Å². The lowest BCUT2D eigenvalue weighted by Crippen LogP contribution is -1.97. The van der Waals surface area contributed by atoms with Crippen LogP contribution in [0.4, 0.5) is 0 Å². The van der Waals surface area contributed by atoms with E-state index in [9.17, 15) is 9.59 Å². The maximum atomic E-state index is 11.2. The fourth-order valence-corrected chi connectivity index (χ4v) is 2.20. The SMILES string of the molecule is COC(=O)c1ccc(-c2ccc(C(C)=O)s2)o1. The van der Waals surface area contributed by atoms with Gasteiger partial charge in [0.05, 0.1) is 16.9 Å². The molecule has 2 heterocycles. The molecule has 0 atom stereocenters. The third kappa shape index (κ3) is 2.29. The number of methoxy groups -OCH3 is 1. The Morgan fingerprint density at radius 1 is 1.24 bits per heavy atom. The molecule has 0 saturated heterocycles. The fraction of sp³-hybridized carbons (Fsp3) is 0.167. The van der Waals surface area contributed by atoms with Crippen LogP contribution in [0.15, 0.2) is 28.7 Å². The van der Waals surface area contributed by atoms with Gasteiger partial charge in [-0.05, 0) is 31.2 Å². The van der Waals surface area contributed by atoms with E-state index < -0.39 is 5.97 Å². The van der Waals surface area contributed by atoms with Crippen LogP contribution >= 0.6 is 11.3 Å². The molecule has 0 aliphatic heterocycles. The van der Waals surface area contributed by atoms with Crippen LogP contribution in [-0.4, -0.2) is 18.9 Å². The van der Waals surface area contributed by atoms with Crippen LogP contribution < -0.4 is 0 Å². The summed E-state index contributed by atoms with van der Waals surface area (Å²) >= 11 is 1.33. The van der Waals surface area contributed by atoms with Crippen LogP contribution in [0.3, 0.4) is 0 Å². The van der Waals surface area contributed by atoms with Crippen molar-refractivity contribution in [2.24, 2.45) is 0 Å². The Labute approximate surface area is 102 Å². The summed E-state index contributed by atoms with van der Waals surface area (Å²) in [7, 11) is 1.30. The van der Waals surface area contributed by atoms with Gasteiger partial charge in [0.1, 0.15) is 5.76 Å². The third-order valence-corrected chi connectivity index (χ3v) is 3.39. The zero-order valence-electron chi connectivity index (χ0n) is 9.35. The summed E-state index contributed by atoms with van der Waals surface area (Å²) in [4.78, 5) is 23.8. The quantitative estimate of drug-likeness (QED) is 0.620. The van der Waals surface area contributed by atoms with Gasteiger partial charge in [0.25, 0.3) is 0 Å². The highest BCUT2D eigenvalue weighted by Gasteiger charge is 2.14. The number of rotatable bonds is 3. The van der Waals surface area contributed by atoms with Gasteiger partial charge in [-0.25, -0.2) is 4.79 Å². The first-order valence-corrected chi connectivity index (χ1v) is 5.72. The molecule has 0 fully saturated rings. The molecule has 2 rings (SSSR count). The molecule has 0 unspecified atom stereocenters. The largest absolute Gasteiger partial charge is 0.463 e. The normalized spacial score (nSPS) is 10.2. The Morgan fingerprint density at radius 2 is 2.00 bits per heavy atom.